The summed E-state index contributed by atoms with van der Waals surface area (Å²) in [5.74, 6) is 2.24. The Morgan fingerprint density at radius 2 is 1.71 bits per heavy atom. The second-order valence-electron chi connectivity index (χ2n) is 5.88. The van der Waals surface area contributed by atoms with E-state index < -0.39 is 0 Å². The standard InChI is InChI=1S/C19H25NO/c1-5-18(20)15-7-9-16(10-8-15)21-19-12-14(4)6-11-17(19)13(2)3/h6-13,18H,5,20H2,1-4H3. The zero-order valence-corrected chi connectivity index (χ0v) is 13.4. The summed E-state index contributed by atoms with van der Waals surface area (Å²) in [6, 6.07) is 14.6. The van der Waals surface area contributed by atoms with Gasteiger partial charge in [-0.05, 0) is 54.2 Å². The van der Waals surface area contributed by atoms with E-state index in [4.69, 9.17) is 10.5 Å². The van der Waals surface area contributed by atoms with Crippen LogP contribution in [0.1, 0.15) is 55.8 Å². The molecule has 0 saturated heterocycles. The second-order valence-corrected chi connectivity index (χ2v) is 5.88. The van der Waals surface area contributed by atoms with E-state index in [9.17, 15) is 0 Å². The summed E-state index contributed by atoms with van der Waals surface area (Å²) < 4.78 is 6.08. The van der Waals surface area contributed by atoms with Gasteiger partial charge < -0.3 is 10.5 Å². The number of aryl methyl sites for hydroxylation is 1. The van der Waals surface area contributed by atoms with Gasteiger partial charge >= 0.3 is 0 Å². The molecule has 0 fully saturated rings. The maximum atomic E-state index is 6.08. The molecule has 2 rings (SSSR count). The molecule has 1 unspecified atom stereocenters. The first-order valence-corrected chi connectivity index (χ1v) is 7.65. The van der Waals surface area contributed by atoms with Crippen LogP contribution in [0.4, 0.5) is 0 Å². The Hall–Kier alpha value is -1.80. The highest BCUT2D eigenvalue weighted by molar-refractivity contribution is 5.42. The van der Waals surface area contributed by atoms with Gasteiger partial charge in [0.25, 0.3) is 0 Å². The van der Waals surface area contributed by atoms with Crippen LogP contribution in [0.3, 0.4) is 0 Å². The third-order valence-corrected chi connectivity index (χ3v) is 3.77. The van der Waals surface area contributed by atoms with E-state index in [1.165, 1.54) is 11.1 Å². The molecule has 0 aliphatic carbocycles. The Morgan fingerprint density at radius 1 is 1.05 bits per heavy atom. The Balaban J connectivity index is 2.24. The molecule has 0 spiro atoms. The van der Waals surface area contributed by atoms with Crippen LogP contribution < -0.4 is 10.5 Å². The van der Waals surface area contributed by atoms with Crippen molar-refractivity contribution in [3.63, 3.8) is 0 Å². The molecule has 0 aliphatic heterocycles. The number of hydrogen-bond donors (Lipinski definition) is 1. The minimum absolute atomic E-state index is 0.101. The number of nitrogens with two attached hydrogens (primary N) is 1. The van der Waals surface area contributed by atoms with Crippen molar-refractivity contribution in [2.24, 2.45) is 5.73 Å². The molecule has 0 saturated carbocycles. The zero-order valence-electron chi connectivity index (χ0n) is 13.4. The minimum atomic E-state index is 0.101. The van der Waals surface area contributed by atoms with Crippen molar-refractivity contribution in [1.82, 2.24) is 0 Å². The summed E-state index contributed by atoms with van der Waals surface area (Å²) >= 11 is 0. The van der Waals surface area contributed by atoms with E-state index in [1.807, 2.05) is 24.3 Å². The molecule has 2 aromatic carbocycles. The van der Waals surface area contributed by atoms with Crippen molar-refractivity contribution in [3.8, 4) is 11.5 Å². The van der Waals surface area contributed by atoms with Gasteiger partial charge in [0.15, 0.2) is 0 Å². The van der Waals surface area contributed by atoms with Gasteiger partial charge in [0, 0.05) is 6.04 Å². The molecule has 2 N–H and O–H groups in total. The zero-order chi connectivity index (χ0) is 15.4. The third kappa shape index (κ3) is 3.85. The van der Waals surface area contributed by atoms with Crippen LogP contribution in [0.15, 0.2) is 42.5 Å². The highest BCUT2D eigenvalue weighted by atomic mass is 16.5. The van der Waals surface area contributed by atoms with Gasteiger partial charge in [-0.15, -0.1) is 0 Å². The van der Waals surface area contributed by atoms with Gasteiger partial charge in [-0.25, -0.2) is 0 Å². The Morgan fingerprint density at radius 3 is 2.29 bits per heavy atom. The fourth-order valence-electron chi connectivity index (χ4n) is 2.35. The minimum Gasteiger partial charge on any atom is -0.457 e. The normalized spacial score (nSPS) is 12.5. The molecular weight excluding hydrogens is 258 g/mol. The Bertz CT molecular complexity index is 587. The maximum Gasteiger partial charge on any atom is 0.131 e. The summed E-state index contributed by atoms with van der Waals surface area (Å²) in [5, 5.41) is 0. The SMILES string of the molecule is CCC(N)c1ccc(Oc2cc(C)ccc2C(C)C)cc1. The first-order valence-electron chi connectivity index (χ1n) is 7.65. The molecule has 1 atom stereocenters. The Labute approximate surface area is 127 Å². The molecule has 0 amide bonds. The fraction of sp³-hybridized carbons (Fsp3) is 0.368. The van der Waals surface area contributed by atoms with E-state index >= 15 is 0 Å². The molecule has 0 radical (unpaired) electrons. The fourth-order valence-corrected chi connectivity index (χ4v) is 2.35. The molecule has 0 aliphatic rings. The summed E-state index contributed by atoms with van der Waals surface area (Å²) in [5.41, 5.74) is 9.63. The first kappa shape index (κ1) is 15.6. The molecule has 2 heteroatoms. The highest BCUT2D eigenvalue weighted by Gasteiger charge is 2.10. The number of ether oxygens (including phenoxy) is 1. The lowest BCUT2D eigenvalue weighted by Gasteiger charge is -2.15. The van der Waals surface area contributed by atoms with Crippen molar-refractivity contribution < 1.29 is 4.74 Å². The lowest BCUT2D eigenvalue weighted by atomic mass is 10.0. The van der Waals surface area contributed by atoms with Crippen LogP contribution >= 0.6 is 0 Å². The summed E-state index contributed by atoms with van der Waals surface area (Å²) in [6.45, 7) is 8.54. The molecule has 112 valence electrons. The molecule has 0 aromatic heterocycles. The average molecular weight is 283 g/mol. The largest absolute Gasteiger partial charge is 0.457 e. The van der Waals surface area contributed by atoms with Crippen molar-refractivity contribution in [2.45, 2.75) is 46.1 Å². The van der Waals surface area contributed by atoms with E-state index in [-0.39, 0.29) is 6.04 Å². The number of rotatable bonds is 5. The molecule has 21 heavy (non-hydrogen) atoms. The second kappa shape index (κ2) is 6.77. The van der Waals surface area contributed by atoms with Crippen LogP contribution in [0.2, 0.25) is 0 Å². The van der Waals surface area contributed by atoms with E-state index in [0.29, 0.717) is 5.92 Å². The topological polar surface area (TPSA) is 35.2 Å². The molecule has 0 heterocycles. The van der Waals surface area contributed by atoms with Crippen molar-refractivity contribution in [3.05, 3.63) is 59.2 Å². The lowest BCUT2D eigenvalue weighted by Crippen LogP contribution is -2.08. The smallest absolute Gasteiger partial charge is 0.131 e. The summed E-state index contributed by atoms with van der Waals surface area (Å²) in [7, 11) is 0. The van der Waals surface area contributed by atoms with Crippen LogP contribution in [-0.2, 0) is 0 Å². The van der Waals surface area contributed by atoms with Gasteiger partial charge in [-0.1, -0.05) is 45.0 Å². The molecule has 2 nitrogen and oxygen atoms in total. The van der Waals surface area contributed by atoms with Gasteiger partial charge in [0.2, 0.25) is 0 Å². The molecular formula is C19H25NO. The van der Waals surface area contributed by atoms with Gasteiger partial charge in [-0.2, -0.15) is 0 Å². The maximum absolute atomic E-state index is 6.08. The van der Waals surface area contributed by atoms with Crippen LogP contribution in [0.25, 0.3) is 0 Å². The van der Waals surface area contributed by atoms with Crippen LogP contribution in [0.5, 0.6) is 11.5 Å². The van der Waals surface area contributed by atoms with Gasteiger partial charge in [0.05, 0.1) is 0 Å². The van der Waals surface area contributed by atoms with Crippen LogP contribution in [0, 0.1) is 6.92 Å². The third-order valence-electron chi connectivity index (χ3n) is 3.77. The van der Waals surface area contributed by atoms with Gasteiger partial charge in [0.1, 0.15) is 11.5 Å². The monoisotopic (exact) mass is 283 g/mol. The summed E-state index contributed by atoms with van der Waals surface area (Å²) in [6.07, 6.45) is 0.940. The predicted octanol–water partition coefficient (Wildman–Crippen LogP) is 5.32. The first-order chi connectivity index (χ1) is 10.0. The molecule has 0 bridgehead atoms. The van der Waals surface area contributed by atoms with E-state index in [0.717, 1.165) is 23.5 Å². The Kier molecular flexibility index (Phi) is 5.03. The number of hydrogen-bond acceptors (Lipinski definition) is 2. The van der Waals surface area contributed by atoms with E-state index in [1.54, 1.807) is 0 Å². The highest BCUT2D eigenvalue weighted by Crippen LogP contribution is 2.32. The summed E-state index contributed by atoms with van der Waals surface area (Å²) in [4.78, 5) is 0. The molecule has 2 aromatic rings. The number of benzene rings is 2. The van der Waals surface area contributed by atoms with Crippen molar-refractivity contribution in [1.29, 1.82) is 0 Å². The quantitative estimate of drug-likeness (QED) is 0.806. The average Bonchev–Trinajstić information content (AvgIpc) is 2.47. The van der Waals surface area contributed by atoms with Crippen molar-refractivity contribution >= 4 is 0 Å². The van der Waals surface area contributed by atoms with Crippen molar-refractivity contribution in [2.75, 3.05) is 0 Å². The van der Waals surface area contributed by atoms with E-state index in [2.05, 4.69) is 45.9 Å². The van der Waals surface area contributed by atoms with Gasteiger partial charge in [-0.3, -0.25) is 0 Å². The predicted molar refractivity (Wildman–Crippen MR) is 89.0 cm³/mol. The van der Waals surface area contributed by atoms with Crippen LogP contribution in [-0.4, -0.2) is 0 Å². The lowest BCUT2D eigenvalue weighted by molar-refractivity contribution is 0.472.